The first kappa shape index (κ1) is 10.5. The van der Waals surface area contributed by atoms with Crippen LogP contribution in [-0.4, -0.2) is 11.7 Å². The highest BCUT2D eigenvalue weighted by Gasteiger charge is 2.51. The van der Waals surface area contributed by atoms with Crippen LogP contribution in [0.1, 0.15) is 25.7 Å². The molecule has 1 N–H and O–H groups in total. The van der Waals surface area contributed by atoms with Gasteiger partial charge in [-0.25, -0.2) is 0 Å². The minimum Gasteiger partial charge on any atom is -0.396 e. The van der Waals surface area contributed by atoms with Crippen LogP contribution in [-0.2, 0) is 0 Å². The van der Waals surface area contributed by atoms with Gasteiger partial charge in [0.25, 0.3) is 0 Å². The number of hydrogen-bond acceptors (Lipinski definition) is 3. The molecule has 0 spiro atoms. The summed E-state index contributed by atoms with van der Waals surface area (Å²) in [6.07, 6.45) is 3.50. The highest BCUT2D eigenvalue weighted by Crippen LogP contribution is 2.56. The number of nitriles is 2. The molecule has 0 aromatic carbocycles. The van der Waals surface area contributed by atoms with Gasteiger partial charge >= 0.3 is 0 Å². The number of aliphatic hydroxyl groups excluding tert-OH is 1. The second kappa shape index (κ2) is 4.21. The lowest BCUT2D eigenvalue weighted by Crippen LogP contribution is -2.29. The molecule has 0 aliphatic heterocycles. The number of aliphatic hydroxyl groups is 1. The van der Waals surface area contributed by atoms with Crippen LogP contribution in [0.2, 0.25) is 0 Å². The lowest BCUT2D eigenvalue weighted by molar-refractivity contribution is 0.120. The summed E-state index contributed by atoms with van der Waals surface area (Å²) in [7, 11) is 0. The second-order valence-electron chi connectivity index (χ2n) is 4.85. The summed E-state index contributed by atoms with van der Waals surface area (Å²) in [4.78, 5) is 0. The summed E-state index contributed by atoms with van der Waals surface area (Å²) < 4.78 is 0. The molecule has 0 aromatic heterocycles. The molecule has 2 aliphatic carbocycles. The van der Waals surface area contributed by atoms with Crippen molar-refractivity contribution in [2.75, 3.05) is 6.61 Å². The maximum atomic E-state index is 9.24. The molecule has 80 valence electrons. The van der Waals surface area contributed by atoms with Crippen LogP contribution in [0.4, 0.5) is 0 Å². The molecule has 5 unspecified atom stereocenters. The van der Waals surface area contributed by atoms with Crippen molar-refractivity contribution in [1.29, 1.82) is 10.5 Å². The van der Waals surface area contributed by atoms with Crippen molar-refractivity contribution in [2.24, 2.45) is 29.6 Å². The number of hydrogen-bond donors (Lipinski definition) is 1. The molecule has 5 atom stereocenters. The van der Waals surface area contributed by atoms with Crippen molar-refractivity contribution in [3.05, 3.63) is 0 Å². The van der Waals surface area contributed by atoms with E-state index in [0.717, 1.165) is 19.3 Å². The first-order valence-electron chi connectivity index (χ1n) is 5.69. The van der Waals surface area contributed by atoms with E-state index in [1.165, 1.54) is 0 Å². The van der Waals surface area contributed by atoms with Crippen molar-refractivity contribution >= 4 is 0 Å². The van der Waals surface area contributed by atoms with Crippen LogP contribution in [0.3, 0.4) is 0 Å². The topological polar surface area (TPSA) is 67.8 Å². The molecule has 2 bridgehead atoms. The fourth-order valence-electron chi connectivity index (χ4n) is 3.67. The Balaban J connectivity index is 2.07. The molecular formula is C12H16N2O. The second-order valence-corrected chi connectivity index (χ2v) is 4.85. The Morgan fingerprint density at radius 2 is 2.07 bits per heavy atom. The van der Waals surface area contributed by atoms with Gasteiger partial charge in [-0.2, -0.15) is 10.5 Å². The predicted octanol–water partition coefficient (Wildman–Crippen LogP) is 1.69. The lowest BCUT2D eigenvalue weighted by Gasteiger charge is -2.31. The van der Waals surface area contributed by atoms with E-state index in [1.54, 1.807) is 0 Å². The highest BCUT2D eigenvalue weighted by molar-refractivity contribution is 5.07. The number of fused-ring (bicyclic) bond motifs is 2. The zero-order valence-corrected chi connectivity index (χ0v) is 8.76. The minimum absolute atomic E-state index is 0.145. The molecule has 15 heavy (non-hydrogen) atoms. The van der Waals surface area contributed by atoms with E-state index in [1.807, 2.05) is 0 Å². The van der Waals surface area contributed by atoms with Crippen molar-refractivity contribution in [3.63, 3.8) is 0 Å². The largest absolute Gasteiger partial charge is 0.396 e. The van der Waals surface area contributed by atoms with Crippen LogP contribution >= 0.6 is 0 Å². The minimum atomic E-state index is 0.145. The smallest absolute Gasteiger partial charge is 0.0661 e. The van der Waals surface area contributed by atoms with Gasteiger partial charge in [0, 0.05) is 13.0 Å². The maximum absolute atomic E-state index is 9.24. The molecule has 0 heterocycles. The SMILES string of the molecule is N#CCCC1C(C#N)C2CC(CO)C1C2. The predicted molar refractivity (Wildman–Crippen MR) is 54.2 cm³/mol. The Labute approximate surface area is 90.3 Å². The van der Waals surface area contributed by atoms with Gasteiger partial charge in [-0.15, -0.1) is 0 Å². The first-order valence-corrected chi connectivity index (χ1v) is 5.69. The van der Waals surface area contributed by atoms with Crippen LogP contribution in [0, 0.1) is 52.3 Å². The molecule has 0 aromatic rings. The average molecular weight is 204 g/mol. The van der Waals surface area contributed by atoms with Crippen LogP contribution < -0.4 is 0 Å². The Hall–Kier alpha value is -1.06. The monoisotopic (exact) mass is 204 g/mol. The van der Waals surface area contributed by atoms with Gasteiger partial charge in [0.15, 0.2) is 0 Å². The van der Waals surface area contributed by atoms with E-state index in [0.29, 0.717) is 30.1 Å². The molecule has 2 fully saturated rings. The quantitative estimate of drug-likeness (QED) is 0.760. The third-order valence-electron chi connectivity index (χ3n) is 4.28. The number of rotatable bonds is 3. The van der Waals surface area contributed by atoms with Crippen LogP contribution in [0.25, 0.3) is 0 Å². The zero-order valence-electron chi connectivity index (χ0n) is 8.76. The van der Waals surface area contributed by atoms with Crippen molar-refractivity contribution < 1.29 is 5.11 Å². The average Bonchev–Trinajstić information content (AvgIpc) is 2.82. The number of nitrogens with zero attached hydrogens (tertiary/aromatic N) is 2. The standard InChI is InChI=1S/C12H16N2O/c13-3-1-2-10-11-5-8(12(10)6-14)4-9(11)7-15/h8-12,15H,1-2,4-5,7H2. The Kier molecular flexibility index (Phi) is 2.93. The van der Waals surface area contributed by atoms with Gasteiger partial charge in [-0.3, -0.25) is 0 Å². The van der Waals surface area contributed by atoms with Crippen LogP contribution in [0.15, 0.2) is 0 Å². The Morgan fingerprint density at radius 1 is 1.27 bits per heavy atom. The molecule has 0 amide bonds. The summed E-state index contributed by atoms with van der Waals surface area (Å²) in [5.74, 6) is 1.89. The molecular weight excluding hydrogens is 188 g/mol. The molecule has 2 rings (SSSR count). The third-order valence-corrected chi connectivity index (χ3v) is 4.28. The van der Waals surface area contributed by atoms with Gasteiger partial charge in [0.2, 0.25) is 0 Å². The van der Waals surface area contributed by atoms with E-state index >= 15 is 0 Å². The maximum Gasteiger partial charge on any atom is 0.0661 e. The van der Waals surface area contributed by atoms with E-state index in [4.69, 9.17) is 10.5 Å². The van der Waals surface area contributed by atoms with Crippen molar-refractivity contribution in [3.8, 4) is 12.1 Å². The summed E-state index contributed by atoms with van der Waals surface area (Å²) in [6, 6.07) is 4.57. The molecule has 2 saturated carbocycles. The molecule has 3 heteroatoms. The highest BCUT2D eigenvalue weighted by atomic mass is 16.3. The van der Waals surface area contributed by atoms with Gasteiger partial charge in [0.05, 0.1) is 18.1 Å². The molecule has 0 saturated heterocycles. The third kappa shape index (κ3) is 1.62. The van der Waals surface area contributed by atoms with Gasteiger partial charge < -0.3 is 5.11 Å². The fourth-order valence-corrected chi connectivity index (χ4v) is 3.67. The van der Waals surface area contributed by atoms with E-state index in [-0.39, 0.29) is 12.5 Å². The first-order chi connectivity index (χ1) is 7.31. The zero-order chi connectivity index (χ0) is 10.8. The van der Waals surface area contributed by atoms with Gasteiger partial charge in [-0.1, -0.05) is 0 Å². The lowest BCUT2D eigenvalue weighted by atomic mass is 9.73. The van der Waals surface area contributed by atoms with E-state index < -0.39 is 0 Å². The van der Waals surface area contributed by atoms with Crippen molar-refractivity contribution in [2.45, 2.75) is 25.7 Å². The van der Waals surface area contributed by atoms with E-state index in [2.05, 4.69) is 12.1 Å². The van der Waals surface area contributed by atoms with Crippen molar-refractivity contribution in [1.82, 2.24) is 0 Å². The Morgan fingerprint density at radius 3 is 2.67 bits per heavy atom. The van der Waals surface area contributed by atoms with Gasteiger partial charge in [-0.05, 0) is 42.9 Å². The molecule has 2 aliphatic rings. The van der Waals surface area contributed by atoms with Crippen LogP contribution in [0.5, 0.6) is 0 Å². The molecule has 0 radical (unpaired) electrons. The molecule has 3 nitrogen and oxygen atoms in total. The fraction of sp³-hybridized carbons (Fsp3) is 0.833. The van der Waals surface area contributed by atoms with Gasteiger partial charge in [0.1, 0.15) is 0 Å². The summed E-state index contributed by atoms with van der Waals surface area (Å²) in [5, 5.41) is 27.0. The van der Waals surface area contributed by atoms with E-state index in [9.17, 15) is 5.11 Å². The summed E-state index contributed by atoms with van der Waals surface area (Å²) >= 11 is 0. The normalized spacial score (nSPS) is 42.5. The Bertz CT molecular complexity index is 315. The summed E-state index contributed by atoms with van der Waals surface area (Å²) in [5.41, 5.74) is 0. The summed E-state index contributed by atoms with van der Waals surface area (Å²) in [6.45, 7) is 0.252.